The van der Waals surface area contributed by atoms with E-state index in [1.54, 1.807) is 0 Å². The van der Waals surface area contributed by atoms with Gasteiger partial charge < -0.3 is 4.74 Å². The smallest absolute Gasteiger partial charge is 0.288 e. The topological polar surface area (TPSA) is 22.1 Å². The van der Waals surface area contributed by atoms with E-state index in [0.717, 1.165) is 35.7 Å². The zero-order valence-electron chi connectivity index (χ0n) is 11.3. The van der Waals surface area contributed by atoms with E-state index in [4.69, 9.17) is 4.74 Å². The number of pyridine rings is 1. The van der Waals surface area contributed by atoms with Crippen LogP contribution in [0.4, 0.5) is 17.6 Å². The largest absolute Gasteiger partial charge is 0.439 e. The lowest BCUT2D eigenvalue weighted by atomic mass is 10.2. The van der Waals surface area contributed by atoms with Crippen LogP contribution in [-0.2, 0) is 12.8 Å². The van der Waals surface area contributed by atoms with Crippen molar-refractivity contribution in [3.63, 3.8) is 0 Å². The zero-order valence-corrected chi connectivity index (χ0v) is 12.1. The summed E-state index contributed by atoms with van der Waals surface area (Å²) in [7, 11) is 0. The Balaban J connectivity index is 1.93. The van der Waals surface area contributed by atoms with Crippen LogP contribution in [-0.4, -0.2) is 10.7 Å². The first-order valence-corrected chi connectivity index (χ1v) is 7.50. The van der Waals surface area contributed by atoms with Gasteiger partial charge in [-0.2, -0.15) is 8.78 Å². The van der Waals surface area contributed by atoms with Crippen molar-refractivity contribution in [2.75, 3.05) is 0 Å². The van der Waals surface area contributed by atoms with Crippen molar-refractivity contribution in [2.24, 2.45) is 0 Å². The molecule has 0 saturated heterocycles. The maximum Gasteiger partial charge on any atom is 0.288 e. The number of fused-ring (bicyclic) bond motifs is 1. The fraction of sp³-hybridized carbons (Fsp3) is 0.267. The van der Waals surface area contributed by atoms with Crippen molar-refractivity contribution in [2.45, 2.75) is 29.9 Å². The highest BCUT2D eigenvalue weighted by molar-refractivity contribution is 7.99. The van der Waals surface area contributed by atoms with Gasteiger partial charge in [0.25, 0.3) is 5.76 Å². The first-order chi connectivity index (χ1) is 10.5. The molecule has 0 radical (unpaired) electrons. The quantitative estimate of drug-likeness (QED) is 0.585. The van der Waals surface area contributed by atoms with Crippen LogP contribution >= 0.6 is 11.8 Å². The Morgan fingerprint density at radius 1 is 1.05 bits per heavy atom. The predicted molar refractivity (Wildman–Crippen MR) is 74.6 cm³/mol. The van der Waals surface area contributed by atoms with Gasteiger partial charge >= 0.3 is 0 Å². The molecule has 0 fully saturated rings. The summed E-state index contributed by atoms with van der Waals surface area (Å²) in [4.78, 5) is 4.47. The Labute approximate surface area is 128 Å². The van der Waals surface area contributed by atoms with E-state index in [1.165, 1.54) is 6.20 Å². The summed E-state index contributed by atoms with van der Waals surface area (Å²) in [6.45, 7) is 0. The SMILES string of the molecule is Fc1cc(F)cc(Oc2ncc(SC(F)F)c3c2CCC3)c1. The molecule has 1 aromatic heterocycles. The molecule has 1 aliphatic rings. The lowest BCUT2D eigenvalue weighted by Gasteiger charge is -2.12. The predicted octanol–water partition coefficient (Wildman–Crippen LogP) is 4.96. The van der Waals surface area contributed by atoms with Gasteiger partial charge in [-0.3, -0.25) is 0 Å². The molecule has 3 rings (SSSR count). The molecule has 7 heteroatoms. The summed E-state index contributed by atoms with van der Waals surface area (Å²) >= 11 is 0.452. The summed E-state index contributed by atoms with van der Waals surface area (Å²) in [5.74, 6) is -3.81. The highest BCUT2D eigenvalue weighted by Crippen LogP contribution is 2.39. The minimum absolute atomic E-state index is 0.00615. The molecule has 2 aromatic rings. The van der Waals surface area contributed by atoms with E-state index in [9.17, 15) is 17.6 Å². The molecule has 1 aromatic carbocycles. The van der Waals surface area contributed by atoms with Gasteiger partial charge in [0.15, 0.2) is 0 Å². The van der Waals surface area contributed by atoms with E-state index < -0.39 is 17.4 Å². The van der Waals surface area contributed by atoms with Crippen molar-refractivity contribution in [3.8, 4) is 11.6 Å². The van der Waals surface area contributed by atoms with Crippen molar-refractivity contribution >= 4 is 11.8 Å². The normalized spacial score (nSPS) is 13.5. The molecule has 0 aliphatic heterocycles. The molecule has 0 amide bonds. The first kappa shape index (κ1) is 15.1. The van der Waals surface area contributed by atoms with Crippen molar-refractivity contribution in [1.29, 1.82) is 0 Å². The van der Waals surface area contributed by atoms with E-state index in [-0.39, 0.29) is 11.6 Å². The highest BCUT2D eigenvalue weighted by atomic mass is 32.2. The van der Waals surface area contributed by atoms with Gasteiger partial charge in [-0.1, -0.05) is 11.8 Å². The fourth-order valence-corrected chi connectivity index (χ4v) is 3.18. The molecule has 0 N–H and O–H groups in total. The molecular formula is C15H11F4NOS. The average Bonchev–Trinajstić information content (AvgIpc) is 2.90. The second-order valence-electron chi connectivity index (χ2n) is 4.82. The van der Waals surface area contributed by atoms with Crippen LogP contribution < -0.4 is 4.74 Å². The number of rotatable bonds is 4. The van der Waals surface area contributed by atoms with Crippen LogP contribution in [0.2, 0.25) is 0 Å². The molecule has 2 nitrogen and oxygen atoms in total. The van der Waals surface area contributed by atoms with Crippen LogP contribution in [0.3, 0.4) is 0 Å². The highest BCUT2D eigenvalue weighted by Gasteiger charge is 2.23. The molecule has 0 atom stereocenters. The Morgan fingerprint density at radius 3 is 2.41 bits per heavy atom. The van der Waals surface area contributed by atoms with E-state index in [2.05, 4.69) is 4.98 Å². The Bertz CT molecular complexity index is 688. The summed E-state index contributed by atoms with van der Waals surface area (Å²) in [6, 6.07) is 2.84. The number of ether oxygens (including phenoxy) is 1. The van der Waals surface area contributed by atoms with Crippen LogP contribution in [0.15, 0.2) is 29.3 Å². The number of thioether (sulfide) groups is 1. The Kier molecular flexibility index (Phi) is 4.24. The third-order valence-corrected chi connectivity index (χ3v) is 4.12. The number of hydrogen-bond acceptors (Lipinski definition) is 3. The van der Waals surface area contributed by atoms with Crippen LogP contribution in [0, 0.1) is 11.6 Å². The molecule has 0 bridgehead atoms. The summed E-state index contributed by atoms with van der Waals surface area (Å²) < 4.78 is 56.9. The maximum atomic E-state index is 13.2. The lowest BCUT2D eigenvalue weighted by molar-refractivity contribution is 0.252. The van der Waals surface area contributed by atoms with Gasteiger partial charge in [-0.15, -0.1) is 0 Å². The van der Waals surface area contributed by atoms with Crippen LogP contribution in [0.5, 0.6) is 11.6 Å². The molecule has 0 unspecified atom stereocenters. The van der Waals surface area contributed by atoms with E-state index in [0.29, 0.717) is 29.5 Å². The van der Waals surface area contributed by atoms with Gasteiger partial charge in [0.05, 0.1) is 0 Å². The molecule has 0 saturated carbocycles. The first-order valence-electron chi connectivity index (χ1n) is 6.62. The van der Waals surface area contributed by atoms with E-state index in [1.807, 2.05) is 0 Å². The van der Waals surface area contributed by atoms with E-state index >= 15 is 0 Å². The minimum Gasteiger partial charge on any atom is -0.439 e. The number of aromatic nitrogens is 1. The van der Waals surface area contributed by atoms with Crippen molar-refractivity contribution < 1.29 is 22.3 Å². The fourth-order valence-electron chi connectivity index (χ4n) is 2.51. The summed E-state index contributed by atoms with van der Waals surface area (Å²) in [5.41, 5.74) is 1.52. The van der Waals surface area contributed by atoms with Crippen LogP contribution in [0.1, 0.15) is 17.5 Å². The van der Waals surface area contributed by atoms with Crippen molar-refractivity contribution in [3.05, 3.63) is 47.2 Å². The molecule has 22 heavy (non-hydrogen) atoms. The number of alkyl halides is 2. The maximum absolute atomic E-state index is 13.2. The van der Waals surface area contributed by atoms with Gasteiger partial charge in [0.1, 0.15) is 17.4 Å². The molecule has 0 spiro atoms. The molecule has 1 heterocycles. The number of hydrogen-bond donors (Lipinski definition) is 0. The average molecular weight is 329 g/mol. The third kappa shape index (κ3) is 3.19. The van der Waals surface area contributed by atoms with Gasteiger partial charge in [-0.25, -0.2) is 13.8 Å². The standard InChI is InChI=1S/C15H11F4NOS/c16-8-4-9(17)6-10(5-8)21-14-12-3-1-2-11(12)13(7-20-14)22-15(18)19/h4-7,15H,1-3H2. The number of nitrogens with zero attached hydrogens (tertiary/aromatic N) is 1. The lowest BCUT2D eigenvalue weighted by Crippen LogP contribution is -1.98. The monoisotopic (exact) mass is 329 g/mol. The van der Waals surface area contributed by atoms with Gasteiger partial charge in [-0.05, 0) is 24.8 Å². The number of benzene rings is 1. The second-order valence-corrected chi connectivity index (χ2v) is 5.86. The molecule has 1 aliphatic carbocycles. The molecule has 116 valence electrons. The Morgan fingerprint density at radius 2 is 1.73 bits per heavy atom. The second kappa shape index (κ2) is 6.16. The minimum atomic E-state index is -2.52. The molecular weight excluding hydrogens is 318 g/mol. The Hall–Kier alpha value is -1.76. The van der Waals surface area contributed by atoms with Gasteiger partial charge in [0.2, 0.25) is 5.88 Å². The van der Waals surface area contributed by atoms with Gasteiger partial charge in [0, 0.05) is 34.9 Å². The number of halogens is 4. The van der Waals surface area contributed by atoms with Crippen molar-refractivity contribution in [1.82, 2.24) is 4.98 Å². The van der Waals surface area contributed by atoms with Crippen LogP contribution in [0.25, 0.3) is 0 Å². The summed E-state index contributed by atoms with van der Waals surface area (Å²) in [5, 5.41) is 0. The zero-order chi connectivity index (χ0) is 15.7. The third-order valence-electron chi connectivity index (χ3n) is 3.34. The summed E-state index contributed by atoms with van der Waals surface area (Å²) in [6.07, 6.45) is 3.45.